The summed E-state index contributed by atoms with van der Waals surface area (Å²) in [6.07, 6.45) is 0.302. The monoisotopic (exact) mass is 512 g/mol. The molecule has 1 aromatic carbocycles. The second-order valence-corrected chi connectivity index (χ2v) is 10.1. The number of nitrogens with one attached hydrogen (secondary N) is 1. The normalized spacial score (nSPS) is 26.8. The summed E-state index contributed by atoms with van der Waals surface area (Å²) in [6.45, 7) is 2.61. The number of rotatable bonds is 7. The predicted molar refractivity (Wildman–Crippen MR) is 125 cm³/mol. The lowest BCUT2D eigenvalue weighted by molar-refractivity contribution is -0.147. The maximum absolute atomic E-state index is 13.5. The van der Waals surface area contributed by atoms with Crippen LogP contribution in [0.1, 0.15) is 50.5 Å². The van der Waals surface area contributed by atoms with E-state index in [1.807, 2.05) is 0 Å². The smallest absolute Gasteiger partial charge is 0.416 e. The fourth-order valence-electron chi connectivity index (χ4n) is 5.72. The van der Waals surface area contributed by atoms with E-state index in [9.17, 15) is 22.8 Å². The number of carbonyl (C=O) groups excluding carboxylic acids is 2. The minimum Gasteiger partial charge on any atom is -0.489 e. The van der Waals surface area contributed by atoms with Crippen molar-refractivity contribution < 1.29 is 37.0 Å². The zero-order valence-corrected chi connectivity index (χ0v) is 20.6. The topological polar surface area (TPSA) is 77.1 Å². The van der Waals surface area contributed by atoms with Gasteiger partial charge in [-0.1, -0.05) is 6.07 Å². The summed E-state index contributed by atoms with van der Waals surface area (Å²) >= 11 is 0. The van der Waals surface area contributed by atoms with Crippen molar-refractivity contribution >= 4 is 11.9 Å². The molecule has 1 N–H and O–H groups in total. The highest BCUT2D eigenvalue weighted by Gasteiger charge is 2.48. The van der Waals surface area contributed by atoms with Gasteiger partial charge in [0.05, 0.1) is 18.6 Å². The molecule has 2 heterocycles. The van der Waals surface area contributed by atoms with Gasteiger partial charge in [-0.3, -0.25) is 14.5 Å². The lowest BCUT2D eigenvalue weighted by Crippen LogP contribution is -2.61. The molecule has 200 valence electrons. The summed E-state index contributed by atoms with van der Waals surface area (Å²) in [7, 11) is 1.41. The third kappa shape index (κ3) is 6.14. The largest absolute Gasteiger partial charge is 0.489 e. The first-order valence-electron chi connectivity index (χ1n) is 12.7. The quantitative estimate of drug-likeness (QED) is 0.560. The molecule has 0 bridgehead atoms. The minimum atomic E-state index is -4.43. The highest BCUT2D eigenvalue weighted by Crippen LogP contribution is 2.35. The van der Waals surface area contributed by atoms with Crippen LogP contribution in [0, 0.1) is 11.8 Å². The Balaban J connectivity index is 1.34. The van der Waals surface area contributed by atoms with Crippen molar-refractivity contribution in [2.75, 3.05) is 40.0 Å². The van der Waals surface area contributed by atoms with Crippen LogP contribution in [0.2, 0.25) is 0 Å². The number of benzene rings is 1. The summed E-state index contributed by atoms with van der Waals surface area (Å²) in [6, 6.07) is 4.92. The molecule has 10 heteroatoms. The molecule has 1 atom stereocenters. The third-order valence-electron chi connectivity index (χ3n) is 7.89. The Bertz CT molecular complexity index is 911. The van der Waals surface area contributed by atoms with Crippen molar-refractivity contribution in [3.63, 3.8) is 0 Å². The number of nitrogens with zero attached hydrogens (tertiary/aromatic N) is 1. The number of ether oxygens (including phenoxy) is 3. The molecular formula is C26H35F3N2O5. The van der Waals surface area contributed by atoms with Crippen LogP contribution < -0.4 is 10.1 Å². The van der Waals surface area contributed by atoms with Crippen molar-refractivity contribution in [2.45, 2.75) is 62.8 Å². The number of likely N-dealkylation sites (tertiary alicyclic amines) is 1. The Morgan fingerprint density at radius 3 is 2.53 bits per heavy atom. The van der Waals surface area contributed by atoms with Crippen molar-refractivity contribution in [1.29, 1.82) is 0 Å². The van der Waals surface area contributed by atoms with E-state index in [4.69, 9.17) is 14.2 Å². The number of esters is 1. The number of carbonyl (C=O) groups is 2. The average molecular weight is 513 g/mol. The molecule has 0 unspecified atom stereocenters. The van der Waals surface area contributed by atoms with Crippen LogP contribution in [-0.2, 0) is 25.2 Å². The number of amides is 1. The molecule has 0 aromatic heterocycles. The number of methoxy groups -OCH3 is 1. The fraction of sp³-hybridized carbons (Fsp3) is 0.692. The van der Waals surface area contributed by atoms with E-state index in [0.717, 1.165) is 37.8 Å². The molecule has 1 saturated carbocycles. The maximum Gasteiger partial charge on any atom is 0.416 e. The lowest BCUT2D eigenvalue weighted by Gasteiger charge is -2.43. The average Bonchev–Trinajstić information content (AvgIpc) is 3.36. The molecule has 3 aliphatic rings. The molecule has 1 amide bonds. The van der Waals surface area contributed by atoms with Gasteiger partial charge in [-0.25, -0.2) is 0 Å². The zero-order chi connectivity index (χ0) is 25.8. The van der Waals surface area contributed by atoms with E-state index < -0.39 is 17.3 Å². The molecule has 3 fully saturated rings. The van der Waals surface area contributed by atoms with E-state index in [1.54, 1.807) is 0 Å². The van der Waals surface area contributed by atoms with E-state index in [2.05, 4.69) is 10.2 Å². The van der Waals surface area contributed by atoms with E-state index in [0.29, 0.717) is 58.0 Å². The van der Waals surface area contributed by atoms with Crippen molar-refractivity contribution in [3.05, 3.63) is 29.8 Å². The van der Waals surface area contributed by atoms with Gasteiger partial charge in [-0.15, -0.1) is 0 Å². The van der Waals surface area contributed by atoms with Crippen LogP contribution in [0.15, 0.2) is 24.3 Å². The van der Waals surface area contributed by atoms with Gasteiger partial charge < -0.3 is 19.5 Å². The fourth-order valence-corrected chi connectivity index (χ4v) is 5.72. The highest BCUT2D eigenvalue weighted by atomic mass is 19.4. The van der Waals surface area contributed by atoms with Gasteiger partial charge in [0.1, 0.15) is 17.4 Å². The molecule has 0 spiro atoms. The predicted octanol–water partition coefficient (Wildman–Crippen LogP) is 3.80. The van der Waals surface area contributed by atoms with Gasteiger partial charge >= 0.3 is 12.1 Å². The second kappa shape index (κ2) is 11.4. The number of hydrogen-bond donors (Lipinski definition) is 1. The van der Waals surface area contributed by atoms with Crippen LogP contribution in [0.3, 0.4) is 0 Å². The number of hydrogen-bond acceptors (Lipinski definition) is 6. The Labute approximate surface area is 209 Å². The molecule has 2 saturated heterocycles. The molecule has 7 nitrogen and oxygen atoms in total. The molecule has 2 aliphatic heterocycles. The summed E-state index contributed by atoms with van der Waals surface area (Å²) in [5.41, 5.74) is -1.45. The Hall–Kier alpha value is -2.33. The van der Waals surface area contributed by atoms with Gasteiger partial charge in [0.15, 0.2) is 0 Å². The minimum absolute atomic E-state index is 0.0272. The first-order valence-corrected chi connectivity index (χ1v) is 12.7. The van der Waals surface area contributed by atoms with Gasteiger partial charge in [-0.2, -0.15) is 13.2 Å². The van der Waals surface area contributed by atoms with E-state index >= 15 is 0 Å². The highest BCUT2D eigenvalue weighted by molar-refractivity contribution is 5.86. The summed E-state index contributed by atoms with van der Waals surface area (Å²) in [4.78, 5) is 27.4. The standard InChI is InChI=1S/C26H35F3N2O5/c1-34-23(32)19-7-5-18(6-8-19)16-30-24(33)25(10-13-35-14-11-25)31-12-9-22(17-31)36-21-4-2-3-20(15-21)26(27,28)29/h2-4,15,18-19,22H,5-14,16-17H2,1H3,(H,30,33)/t18?,19?,22-/m1/s1. The van der Waals surface area contributed by atoms with Crippen LogP contribution in [0.5, 0.6) is 5.75 Å². The van der Waals surface area contributed by atoms with E-state index in [-0.39, 0.29) is 29.6 Å². The van der Waals surface area contributed by atoms with Crippen LogP contribution >= 0.6 is 0 Å². The second-order valence-electron chi connectivity index (χ2n) is 10.1. The number of halogens is 3. The molecular weight excluding hydrogens is 477 g/mol. The van der Waals surface area contributed by atoms with Gasteiger partial charge in [0.2, 0.25) is 5.91 Å². The van der Waals surface area contributed by atoms with Crippen molar-refractivity contribution in [1.82, 2.24) is 10.2 Å². The van der Waals surface area contributed by atoms with Gasteiger partial charge in [-0.05, 0) is 69.1 Å². The molecule has 1 aliphatic carbocycles. The third-order valence-corrected chi connectivity index (χ3v) is 7.89. The summed E-state index contributed by atoms with van der Waals surface area (Å²) in [5, 5.41) is 3.17. The van der Waals surface area contributed by atoms with Crippen LogP contribution in [0.4, 0.5) is 13.2 Å². The number of alkyl halides is 3. The summed E-state index contributed by atoms with van der Waals surface area (Å²) < 4.78 is 55.5. The zero-order valence-electron chi connectivity index (χ0n) is 20.6. The van der Waals surface area contributed by atoms with E-state index in [1.165, 1.54) is 19.2 Å². The molecule has 4 rings (SSSR count). The van der Waals surface area contributed by atoms with Crippen LogP contribution in [-0.4, -0.2) is 68.4 Å². The Morgan fingerprint density at radius 2 is 1.86 bits per heavy atom. The van der Waals surface area contributed by atoms with Crippen molar-refractivity contribution in [3.8, 4) is 5.75 Å². The molecule has 0 radical (unpaired) electrons. The first kappa shape index (κ1) is 26.7. The Morgan fingerprint density at radius 1 is 1.14 bits per heavy atom. The van der Waals surface area contributed by atoms with Crippen LogP contribution in [0.25, 0.3) is 0 Å². The van der Waals surface area contributed by atoms with Gasteiger partial charge in [0.25, 0.3) is 0 Å². The Kier molecular flexibility index (Phi) is 8.44. The lowest BCUT2D eigenvalue weighted by atomic mass is 9.81. The molecule has 36 heavy (non-hydrogen) atoms. The summed E-state index contributed by atoms with van der Waals surface area (Å²) in [5.74, 6) is 0.268. The first-order chi connectivity index (χ1) is 17.2. The SMILES string of the molecule is COC(=O)C1CCC(CNC(=O)C2(N3CC[C@@H](Oc4cccc(C(F)(F)F)c4)C3)CCOCC2)CC1. The maximum atomic E-state index is 13.5. The van der Waals surface area contributed by atoms with Gasteiger partial charge in [0, 0.05) is 32.8 Å². The van der Waals surface area contributed by atoms with Crippen molar-refractivity contribution in [2.24, 2.45) is 11.8 Å². The molecule has 1 aromatic rings.